The summed E-state index contributed by atoms with van der Waals surface area (Å²) >= 11 is 0. The summed E-state index contributed by atoms with van der Waals surface area (Å²) in [5, 5.41) is 3.69. The lowest BCUT2D eigenvalue weighted by atomic mass is 9.87. The molecule has 0 heterocycles. The molecule has 0 aromatic heterocycles. The van der Waals surface area contributed by atoms with Crippen LogP contribution in [-0.4, -0.2) is 12.6 Å². The van der Waals surface area contributed by atoms with E-state index in [0.29, 0.717) is 5.92 Å². The summed E-state index contributed by atoms with van der Waals surface area (Å²) in [6, 6.07) is 0.239. The summed E-state index contributed by atoms with van der Waals surface area (Å²) in [5.74, 6) is 0.667. The Bertz CT molecular complexity index is 154. The number of rotatable bonds is 2. The maximum absolute atomic E-state index is 8.18. The lowest BCUT2D eigenvalue weighted by molar-refractivity contribution is 0.333. The molecule has 2 N–H and O–H groups in total. The van der Waals surface area contributed by atoms with Crippen LogP contribution in [-0.2, 0) is 0 Å². The van der Waals surface area contributed by atoms with Crippen molar-refractivity contribution in [1.82, 2.24) is 0 Å². The van der Waals surface area contributed by atoms with E-state index in [1.165, 1.54) is 0 Å². The van der Waals surface area contributed by atoms with Crippen molar-refractivity contribution in [3.8, 4) is 0 Å². The minimum atomic E-state index is 0.239. The van der Waals surface area contributed by atoms with Crippen LogP contribution in [0.3, 0.4) is 0 Å². The van der Waals surface area contributed by atoms with E-state index in [2.05, 4.69) is 10.0 Å². The molecule has 0 aromatic rings. The van der Waals surface area contributed by atoms with Crippen molar-refractivity contribution in [3.05, 3.63) is 10.4 Å². The van der Waals surface area contributed by atoms with Crippen LogP contribution in [0.15, 0.2) is 5.11 Å². The van der Waals surface area contributed by atoms with Gasteiger partial charge in [-0.1, -0.05) is 5.11 Å². The molecule has 1 rings (SSSR count). The fraction of sp³-hybridized carbons (Fsp3) is 1.00. The fourth-order valence-corrected chi connectivity index (χ4v) is 1.57. The zero-order valence-electron chi connectivity index (χ0n) is 6.61. The van der Waals surface area contributed by atoms with Gasteiger partial charge in [0.05, 0.1) is 0 Å². The quantitative estimate of drug-likeness (QED) is 0.367. The van der Waals surface area contributed by atoms with E-state index >= 15 is 0 Å². The predicted octanol–water partition coefficient (Wildman–Crippen LogP) is 1.81. The van der Waals surface area contributed by atoms with Crippen molar-refractivity contribution < 1.29 is 0 Å². The van der Waals surface area contributed by atoms with E-state index < -0.39 is 0 Å². The molecule has 11 heavy (non-hydrogen) atoms. The second-order valence-electron chi connectivity index (χ2n) is 3.12. The molecule has 0 amide bonds. The van der Waals surface area contributed by atoms with Gasteiger partial charge in [-0.3, -0.25) is 0 Å². The first-order chi connectivity index (χ1) is 5.36. The zero-order chi connectivity index (χ0) is 8.10. The first kappa shape index (κ1) is 8.37. The van der Waals surface area contributed by atoms with Gasteiger partial charge in [-0.15, -0.1) is 0 Å². The summed E-state index contributed by atoms with van der Waals surface area (Å²) in [5.41, 5.74) is 13.7. The van der Waals surface area contributed by atoms with Gasteiger partial charge in [-0.2, -0.15) is 0 Å². The van der Waals surface area contributed by atoms with Gasteiger partial charge < -0.3 is 5.73 Å². The van der Waals surface area contributed by atoms with Crippen LogP contribution in [0, 0.1) is 5.92 Å². The van der Waals surface area contributed by atoms with Crippen molar-refractivity contribution in [2.24, 2.45) is 16.8 Å². The monoisotopic (exact) mass is 154 g/mol. The molecule has 1 aliphatic carbocycles. The molecule has 4 nitrogen and oxygen atoms in total. The maximum Gasteiger partial charge on any atom is 0.0374 e. The van der Waals surface area contributed by atoms with Crippen LogP contribution in [0.5, 0.6) is 0 Å². The first-order valence-electron chi connectivity index (χ1n) is 4.11. The minimum Gasteiger partial charge on any atom is -0.330 e. The Hall–Kier alpha value is -0.730. The van der Waals surface area contributed by atoms with Crippen molar-refractivity contribution in [1.29, 1.82) is 0 Å². The van der Waals surface area contributed by atoms with E-state index in [4.69, 9.17) is 11.3 Å². The molecule has 0 saturated heterocycles. The summed E-state index contributed by atoms with van der Waals surface area (Å²) in [6.45, 7) is 0.781. The lowest BCUT2D eigenvalue weighted by Crippen LogP contribution is -2.22. The summed E-state index contributed by atoms with van der Waals surface area (Å²) in [6.07, 6.45) is 4.29. The van der Waals surface area contributed by atoms with Gasteiger partial charge in [0, 0.05) is 11.0 Å². The first-order valence-corrected chi connectivity index (χ1v) is 4.11. The van der Waals surface area contributed by atoms with Crippen LogP contribution in [0.25, 0.3) is 10.4 Å². The van der Waals surface area contributed by atoms with E-state index in [0.717, 1.165) is 32.2 Å². The van der Waals surface area contributed by atoms with Crippen molar-refractivity contribution in [2.75, 3.05) is 6.54 Å². The van der Waals surface area contributed by atoms with Crippen LogP contribution in [0.1, 0.15) is 25.7 Å². The van der Waals surface area contributed by atoms with Gasteiger partial charge >= 0.3 is 0 Å². The molecule has 1 aliphatic rings. The van der Waals surface area contributed by atoms with Gasteiger partial charge in [-0.25, -0.2) is 0 Å². The molecule has 0 aliphatic heterocycles. The highest BCUT2D eigenvalue weighted by Gasteiger charge is 2.18. The SMILES string of the molecule is [N-]=[N+]=NC1CCC(CN)CC1. The molecule has 1 saturated carbocycles. The predicted molar refractivity (Wildman–Crippen MR) is 43.9 cm³/mol. The highest BCUT2D eigenvalue weighted by Crippen LogP contribution is 2.25. The van der Waals surface area contributed by atoms with Gasteiger partial charge in [-0.05, 0) is 43.7 Å². The molecule has 0 spiro atoms. The van der Waals surface area contributed by atoms with E-state index in [9.17, 15) is 0 Å². The molecule has 0 unspecified atom stereocenters. The van der Waals surface area contributed by atoms with Crippen LogP contribution in [0.4, 0.5) is 0 Å². The number of nitrogens with zero attached hydrogens (tertiary/aromatic N) is 3. The van der Waals surface area contributed by atoms with Crippen molar-refractivity contribution >= 4 is 0 Å². The third-order valence-corrected chi connectivity index (χ3v) is 2.36. The number of hydrogen-bond donors (Lipinski definition) is 1. The van der Waals surface area contributed by atoms with Crippen LogP contribution < -0.4 is 5.73 Å². The normalized spacial score (nSPS) is 31.0. The molecule has 0 atom stereocenters. The Morgan fingerprint density at radius 2 is 2.00 bits per heavy atom. The Morgan fingerprint density at radius 1 is 1.36 bits per heavy atom. The lowest BCUT2D eigenvalue weighted by Gasteiger charge is -2.24. The summed E-state index contributed by atoms with van der Waals surface area (Å²) in [7, 11) is 0. The Kier molecular flexibility index (Phi) is 3.20. The minimum absolute atomic E-state index is 0.239. The Morgan fingerprint density at radius 3 is 2.45 bits per heavy atom. The van der Waals surface area contributed by atoms with Crippen LogP contribution >= 0.6 is 0 Å². The standard InChI is InChI=1S/C7H14N4/c8-5-6-1-3-7(4-2-6)10-11-9/h6-7H,1-5,8H2. The van der Waals surface area contributed by atoms with Crippen molar-refractivity contribution in [2.45, 2.75) is 31.7 Å². The van der Waals surface area contributed by atoms with E-state index in [-0.39, 0.29) is 6.04 Å². The second-order valence-corrected chi connectivity index (χ2v) is 3.12. The molecular weight excluding hydrogens is 140 g/mol. The van der Waals surface area contributed by atoms with Crippen molar-refractivity contribution in [3.63, 3.8) is 0 Å². The van der Waals surface area contributed by atoms with Gasteiger partial charge in [0.2, 0.25) is 0 Å². The molecule has 0 bridgehead atoms. The highest BCUT2D eigenvalue weighted by atomic mass is 15.1. The average molecular weight is 154 g/mol. The zero-order valence-corrected chi connectivity index (χ0v) is 6.61. The molecule has 4 heteroatoms. The van der Waals surface area contributed by atoms with Gasteiger partial charge in [0.15, 0.2) is 0 Å². The average Bonchev–Trinajstić information content (AvgIpc) is 2.07. The molecule has 0 aromatic carbocycles. The largest absolute Gasteiger partial charge is 0.330 e. The summed E-state index contributed by atoms with van der Waals surface area (Å²) < 4.78 is 0. The van der Waals surface area contributed by atoms with E-state index in [1.54, 1.807) is 0 Å². The third-order valence-electron chi connectivity index (χ3n) is 2.36. The fourth-order valence-electron chi connectivity index (χ4n) is 1.57. The number of azide groups is 1. The van der Waals surface area contributed by atoms with Gasteiger partial charge in [0.25, 0.3) is 0 Å². The second kappa shape index (κ2) is 4.21. The maximum atomic E-state index is 8.18. The van der Waals surface area contributed by atoms with E-state index in [1.807, 2.05) is 0 Å². The summed E-state index contributed by atoms with van der Waals surface area (Å²) in [4.78, 5) is 2.80. The highest BCUT2D eigenvalue weighted by molar-refractivity contribution is 4.77. The molecular formula is C7H14N4. The van der Waals surface area contributed by atoms with Gasteiger partial charge in [0.1, 0.15) is 0 Å². The Balaban J connectivity index is 2.29. The molecule has 62 valence electrons. The van der Waals surface area contributed by atoms with Crippen LogP contribution in [0.2, 0.25) is 0 Å². The smallest absolute Gasteiger partial charge is 0.0374 e. The third kappa shape index (κ3) is 2.41. The molecule has 1 fully saturated rings. The molecule has 0 radical (unpaired) electrons. The number of nitrogens with two attached hydrogens (primary N) is 1. The topological polar surface area (TPSA) is 74.8 Å². The Labute approximate surface area is 66.4 Å². The number of hydrogen-bond acceptors (Lipinski definition) is 2.